The molecule has 4 heteroatoms. The van der Waals surface area contributed by atoms with Gasteiger partial charge in [-0.25, -0.2) is 0 Å². The summed E-state index contributed by atoms with van der Waals surface area (Å²) in [6.45, 7) is 2.34. The number of hydrogen-bond acceptors (Lipinski definition) is 3. The molecule has 0 N–H and O–H groups in total. The zero-order chi connectivity index (χ0) is 15.6. The molecule has 122 valence electrons. The SMILES string of the molecule is O=CC1CCC(n2cc3ccc(N4CCCCC4)cc3n2)CC1. The zero-order valence-corrected chi connectivity index (χ0v) is 13.7. The van der Waals surface area contributed by atoms with Gasteiger partial charge in [0, 0.05) is 36.3 Å². The Labute approximate surface area is 137 Å². The summed E-state index contributed by atoms with van der Waals surface area (Å²) in [5.74, 6) is 0.266. The van der Waals surface area contributed by atoms with Crippen molar-refractivity contribution in [2.75, 3.05) is 18.0 Å². The summed E-state index contributed by atoms with van der Waals surface area (Å²) >= 11 is 0. The fourth-order valence-electron chi connectivity index (χ4n) is 4.06. The summed E-state index contributed by atoms with van der Waals surface area (Å²) < 4.78 is 2.14. The lowest BCUT2D eigenvalue weighted by Gasteiger charge is -2.28. The largest absolute Gasteiger partial charge is 0.371 e. The van der Waals surface area contributed by atoms with E-state index in [9.17, 15) is 4.79 Å². The first-order chi connectivity index (χ1) is 11.3. The van der Waals surface area contributed by atoms with Crippen molar-refractivity contribution >= 4 is 22.9 Å². The fraction of sp³-hybridized carbons (Fsp3) is 0.579. The number of carbonyl (C=O) groups excluding carboxylic acids is 1. The van der Waals surface area contributed by atoms with Crippen LogP contribution in [0.4, 0.5) is 5.69 Å². The summed E-state index contributed by atoms with van der Waals surface area (Å²) in [6, 6.07) is 7.15. The van der Waals surface area contributed by atoms with Gasteiger partial charge in [-0.05, 0) is 63.1 Å². The number of hydrogen-bond donors (Lipinski definition) is 0. The zero-order valence-electron chi connectivity index (χ0n) is 13.7. The maximum Gasteiger partial charge on any atom is 0.123 e. The molecule has 0 radical (unpaired) electrons. The summed E-state index contributed by atoms with van der Waals surface area (Å²) in [5, 5.41) is 6.07. The Balaban J connectivity index is 1.54. The van der Waals surface area contributed by atoms with Crippen molar-refractivity contribution in [3.05, 3.63) is 24.4 Å². The van der Waals surface area contributed by atoms with Gasteiger partial charge in [-0.2, -0.15) is 5.10 Å². The molecule has 4 rings (SSSR count). The van der Waals surface area contributed by atoms with E-state index in [-0.39, 0.29) is 5.92 Å². The molecule has 2 heterocycles. The van der Waals surface area contributed by atoms with Gasteiger partial charge in [0.1, 0.15) is 6.29 Å². The predicted octanol–water partition coefficient (Wildman–Crippen LogP) is 3.96. The highest BCUT2D eigenvalue weighted by molar-refractivity contribution is 5.82. The summed E-state index contributed by atoms with van der Waals surface area (Å²) in [5.41, 5.74) is 2.41. The third-order valence-corrected chi connectivity index (χ3v) is 5.54. The van der Waals surface area contributed by atoms with Gasteiger partial charge in [0.2, 0.25) is 0 Å². The molecular weight excluding hydrogens is 286 g/mol. The summed E-state index contributed by atoms with van der Waals surface area (Å²) in [6.07, 6.45) is 11.4. The molecule has 2 aromatic rings. The number of nitrogens with zero attached hydrogens (tertiary/aromatic N) is 3. The molecule has 23 heavy (non-hydrogen) atoms. The van der Waals surface area contributed by atoms with Crippen LogP contribution in [0.2, 0.25) is 0 Å². The summed E-state index contributed by atoms with van der Waals surface area (Å²) in [7, 11) is 0. The molecule has 1 saturated carbocycles. The van der Waals surface area contributed by atoms with Gasteiger partial charge in [-0.3, -0.25) is 4.68 Å². The number of piperidine rings is 1. The average Bonchev–Trinajstić information content (AvgIpc) is 3.06. The minimum Gasteiger partial charge on any atom is -0.371 e. The molecule has 4 nitrogen and oxygen atoms in total. The third-order valence-electron chi connectivity index (χ3n) is 5.54. The van der Waals surface area contributed by atoms with Crippen LogP contribution in [0.1, 0.15) is 51.0 Å². The highest BCUT2D eigenvalue weighted by atomic mass is 16.1. The molecule has 2 aliphatic rings. The van der Waals surface area contributed by atoms with E-state index in [1.54, 1.807) is 0 Å². The maximum absolute atomic E-state index is 10.9. The van der Waals surface area contributed by atoms with Crippen LogP contribution in [-0.4, -0.2) is 29.2 Å². The lowest BCUT2D eigenvalue weighted by atomic mass is 9.87. The van der Waals surface area contributed by atoms with E-state index in [0.717, 1.165) is 37.5 Å². The van der Waals surface area contributed by atoms with Gasteiger partial charge in [-0.1, -0.05) is 0 Å². The minimum atomic E-state index is 0.266. The maximum atomic E-state index is 10.9. The Morgan fingerprint density at radius 1 is 1.04 bits per heavy atom. The fourth-order valence-corrected chi connectivity index (χ4v) is 4.06. The molecule has 0 atom stereocenters. The summed E-state index contributed by atoms with van der Waals surface area (Å²) in [4.78, 5) is 13.4. The van der Waals surface area contributed by atoms with Crippen molar-refractivity contribution in [1.82, 2.24) is 9.78 Å². The number of aldehydes is 1. The Hall–Kier alpha value is -1.84. The molecule has 0 unspecified atom stereocenters. The van der Waals surface area contributed by atoms with Crippen molar-refractivity contribution in [1.29, 1.82) is 0 Å². The smallest absolute Gasteiger partial charge is 0.123 e. The molecule has 0 amide bonds. The van der Waals surface area contributed by atoms with Crippen molar-refractivity contribution in [3.63, 3.8) is 0 Å². The number of carbonyl (C=O) groups is 1. The highest BCUT2D eigenvalue weighted by Gasteiger charge is 2.22. The first kappa shape index (κ1) is 14.7. The first-order valence-electron chi connectivity index (χ1n) is 9.02. The van der Waals surface area contributed by atoms with E-state index in [1.807, 2.05) is 0 Å². The first-order valence-corrected chi connectivity index (χ1v) is 9.02. The van der Waals surface area contributed by atoms with Crippen LogP contribution in [-0.2, 0) is 4.79 Å². The van der Waals surface area contributed by atoms with E-state index in [0.29, 0.717) is 6.04 Å². The van der Waals surface area contributed by atoms with Crippen LogP contribution in [0.3, 0.4) is 0 Å². The van der Waals surface area contributed by atoms with Crippen molar-refractivity contribution in [2.45, 2.75) is 51.0 Å². The third kappa shape index (κ3) is 2.99. The van der Waals surface area contributed by atoms with Gasteiger partial charge in [-0.15, -0.1) is 0 Å². The number of rotatable bonds is 3. The highest BCUT2D eigenvalue weighted by Crippen LogP contribution is 2.32. The average molecular weight is 311 g/mol. The Bertz CT molecular complexity index is 679. The second kappa shape index (κ2) is 6.34. The monoisotopic (exact) mass is 311 g/mol. The van der Waals surface area contributed by atoms with E-state index >= 15 is 0 Å². The number of fused-ring (bicyclic) bond motifs is 1. The predicted molar refractivity (Wildman–Crippen MR) is 92.9 cm³/mol. The molecule has 0 bridgehead atoms. The van der Waals surface area contributed by atoms with Crippen LogP contribution in [0, 0.1) is 5.92 Å². The molecule has 1 aliphatic heterocycles. The number of aromatic nitrogens is 2. The van der Waals surface area contributed by atoms with Crippen molar-refractivity contribution < 1.29 is 4.79 Å². The van der Waals surface area contributed by atoms with Gasteiger partial charge >= 0.3 is 0 Å². The standard InChI is InChI=1S/C19H25N3O/c23-14-15-4-7-17(8-5-15)22-13-16-6-9-18(12-19(16)20-22)21-10-2-1-3-11-21/h6,9,12-15,17H,1-5,7-8,10-11H2. The molecule has 1 saturated heterocycles. The van der Waals surface area contributed by atoms with Crippen LogP contribution in [0.15, 0.2) is 24.4 Å². The molecule has 2 fully saturated rings. The quantitative estimate of drug-likeness (QED) is 0.805. The van der Waals surface area contributed by atoms with Gasteiger partial charge < -0.3 is 9.69 Å². The molecule has 1 aliphatic carbocycles. The molecule has 1 aromatic carbocycles. The minimum absolute atomic E-state index is 0.266. The Morgan fingerprint density at radius 3 is 2.57 bits per heavy atom. The van der Waals surface area contributed by atoms with Crippen LogP contribution < -0.4 is 4.90 Å². The molecular formula is C19H25N3O. The molecule has 1 aromatic heterocycles. The van der Waals surface area contributed by atoms with Gasteiger partial charge in [0.15, 0.2) is 0 Å². The van der Waals surface area contributed by atoms with E-state index in [4.69, 9.17) is 5.10 Å². The normalized spacial score (nSPS) is 25.7. The Kier molecular flexibility index (Phi) is 4.06. The lowest BCUT2D eigenvalue weighted by Crippen LogP contribution is -2.29. The lowest BCUT2D eigenvalue weighted by molar-refractivity contribution is -0.112. The van der Waals surface area contributed by atoms with Gasteiger partial charge in [0.05, 0.1) is 11.6 Å². The topological polar surface area (TPSA) is 38.1 Å². The van der Waals surface area contributed by atoms with Crippen LogP contribution >= 0.6 is 0 Å². The van der Waals surface area contributed by atoms with E-state index in [1.165, 1.54) is 43.4 Å². The van der Waals surface area contributed by atoms with E-state index in [2.05, 4.69) is 34.0 Å². The van der Waals surface area contributed by atoms with Crippen molar-refractivity contribution in [3.8, 4) is 0 Å². The molecule has 0 spiro atoms. The van der Waals surface area contributed by atoms with Crippen LogP contribution in [0.5, 0.6) is 0 Å². The second-order valence-electron chi connectivity index (χ2n) is 7.10. The second-order valence-corrected chi connectivity index (χ2v) is 7.10. The van der Waals surface area contributed by atoms with Gasteiger partial charge in [0.25, 0.3) is 0 Å². The Morgan fingerprint density at radius 2 is 1.83 bits per heavy atom. The van der Waals surface area contributed by atoms with E-state index < -0.39 is 0 Å². The van der Waals surface area contributed by atoms with Crippen molar-refractivity contribution in [2.24, 2.45) is 5.92 Å². The van der Waals surface area contributed by atoms with Crippen LogP contribution in [0.25, 0.3) is 10.9 Å². The number of anilines is 1. The number of benzene rings is 1.